The zero-order valence-electron chi connectivity index (χ0n) is 8.46. The first-order valence-corrected chi connectivity index (χ1v) is 7.59. The lowest BCUT2D eigenvalue weighted by Gasteiger charge is -2.16. The molecular weight excluding hydrogens is 270 g/mol. The Morgan fingerprint density at radius 1 is 1.12 bits per heavy atom. The molecule has 0 saturated heterocycles. The van der Waals surface area contributed by atoms with E-state index in [1.165, 1.54) is 0 Å². The van der Waals surface area contributed by atoms with Crippen molar-refractivity contribution in [3.8, 4) is 0 Å². The SMILES string of the molecule is Nc1cc(P(=O)(O)O)ccc1C(N)P(=O)(O)O. The summed E-state index contributed by atoms with van der Waals surface area (Å²) in [6.07, 6.45) is 0. The number of nitrogen functional groups attached to an aromatic ring is 1. The van der Waals surface area contributed by atoms with Crippen LogP contribution in [-0.2, 0) is 9.13 Å². The minimum atomic E-state index is -4.56. The minimum absolute atomic E-state index is 0.0597. The highest BCUT2D eigenvalue weighted by Crippen LogP contribution is 2.49. The van der Waals surface area contributed by atoms with Crippen LogP contribution in [0.5, 0.6) is 0 Å². The Labute approximate surface area is 96.6 Å². The average Bonchev–Trinajstić information content (AvgIpc) is 2.13. The molecule has 10 heteroatoms. The Hall–Kier alpha value is -0.720. The van der Waals surface area contributed by atoms with Crippen LogP contribution in [0.2, 0.25) is 0 Å². The van der Waals surface area contributed by atoms with Gasteiger partial charge >= 0.3 is 15.2 Å². The summed E-state index contributed by atoms with van der Waals surface area (Å²) in [5.41, 5.74) is 10.5. The number of hydrogen-bond acceptors (Lipinski definition) is 4. The first-order valence-electron chi connectivity index (χ1n) is 4.30. The third-order valence-corrected chi connectivity index (χ3v) is 4.04. The molecule has 8 nitrogen and oxygen atoms in total. The predicted molar refractivity (Wildman–Crippen MR) is 61.5 cm³/mol. The summed E-state index contributed by atoms with van der Waals surface area (Å²) in [7, 11) is -9.01. The van der Waals surface area contributed by atoms with Crippen LogP contribution >= 0.6 is 15.2 Å². The van der Waals surface area contributed by atoms with Crippen LogP contribution in [-0.4, -0.2) is 19.6 Å². The summed E-state index contributed by atoms with van der Waals surface area (Å²) in [4.78, 5) is 35.5. The van der Waals surface area contributed by atoms with Crippen LogP contribution < -0.4 is 16.8 Å². The first-order chi connectivity index (χ1) is 7.53. The van der Waals surface area contributed by atoms with Crippen molar-refractivity contribution in [3.05, 3.63) is 23.8 Å². The van der Waals surface area contributed by atoms with Gasteiger partial charge in [-0.2, -0.15) is 0 Å². The zero-order chi connectivity index (χ0) is 13.4. The predicted octanol–water partition coefficient (Wildman–Crippen LogP) is -0.793. The Kier molecular flexibility index (Phi) is 3.81. The van der Waals surface area contributed by atoms with Crippen LogP contribution in [0.15, 0.2) is 18.2 Å². The van der Waals surface area contributed by atoms with Gasteiger partial charge in [-0.1, -0.05) is 6.07 Å². The molecular formula is C7H12N2O6P2. The molecule has 0 aliphatic rings. The maximum Gasteiger partial charge on any atom is 0.356 e. The molecule has 1 unspecified atom stereocenters. The van der Waals surface area contributed by atoms with Crippen LogP contribution in [0, 0.1) is 0 Å². The van der Waals surface area contributed by atoms with Crippen LogP contribution in [0.25, 0.3) is 0 Å². The van der Waals surface area contributed by atoms with Gasteiger partial charge in [0.1, 0.15) is 5.78 Å². The number of nitrogens with two attached hydrogens (primary N) is 2. The summed E-state index contributed by atoms with van der Waals surface area (Å²) in [5, 5.41) is -0.336. The zero-order valence-corrected chi connectivity index (χ0v) is 10.3. The largest absolute Gasteiger partial charge is 0.398 e. The second-order valence-electron chi connectivity index (χ2n) is 3.39. The Morgan fingerprint density at radius 3 is 2.00 bits per heavy atom. The van der Waals surface area contributed by atoms with Gasteiger partial charge in [-0.3, -0.25) is 9.13 Å². The van der Waals surface area contributed by atoms with E-state index in [-0.39, 0.29) is 16.6 Å². The van der Waals surface area contributed by atoms with Gasteiger partial charge < -0.3 is 31.0 Å². The van der Waals surface area contributed by atoms with E-state index in [1.54, 1.807) is 0 Å². The molecule has 0 aliphatic heterocycles. The molecule has 0 fully saturated rings. The smallest absolute Gasteiger partial charge is 0.356 e. The summed E-state index contributed by atoms with van der Waals surface area (Å²) in [5.74, 6) is -1.62. The van der Waals surface area contributed by atoms with Crippen LogP contribution in [0.3, 0.4) is 0 Å². The summed E-state index contributed by atoms with van der Waals surface area (Å²) in [6, 6.07) is 3.07. The molecule has 0 aliphatic carbocycles. The quantitative estimate of drug-likeness (QED) is 0.309. The Morgan fingerprint density at radius 2 is 1.65 bits per heavy atom. The van der Waals surface area contributed by atoms with Crippen molar-refractivity contribution in [1.29, 1.82) is 0 Å². The van der Waals surface area contributed by atoms with E-state index in [4.69, 9.17) is 31.0 Å². The molecule has 0 radical (unpaired) electrons. The van der Waals surface area contributed by atoms with E-state index in [1.807, 2.05) is 0 Å². The van der Waals surface area contributed by atoms with Crippen molar-refractivity contribution in [2.75, 3.05) is 5.73 Å². The first kappa shape index (κ1) is 14.3. The molecule has 0 spiro atoms. The molecule has 1 aromatic carbocycles. The highest BCUT2D eigenvalue weighted by Gasteiger charge is 2.29. The molecule has 1 aromatic rings. The standard InChI is InChI=1S/C7H12N2O6P2/c8-6-3-4(16(10,11)12)1-2-5(6)7(9)17(13,14)15/h1-3,7H,8-9H2,(H2,10,11,12)(H2,13,14,15). The van der Waals surface area contributed by atoms with E-state index in [9.17, 15) is 9.13 Å². The third kappa shape index (κ3) is 3.37. The van der Waals surface area contributed by atoms with Gasteiger partial charge in [0.25, 0.3) is 0 Å². The summed E-state index contributed by atoms with van der Waals surface area (Å²) < 4.78 is 21.8. The maximum absolute atomic E-state index is 10.9. The molecule has 0 bridgehead atoms. The third-order valence-electron chi connectivity index (χ3n) is 2.09. The average molecular weight is 282 g/mol. The number of hydrogen-bond donors (Lipinski definition) is 6. The highest BCUT2D eigenvalue weighted by atomic mass is 31.2. The lowest BCUT2D eigenvalue weighted by atomic mass is 10.2. The van der Waals surface area contributed by atoms with E-state index in [0.717, 1.165) is 18.2 Å². The molecule has 0 amide bonds. The monoisotopic (exact) mass is 282 g/mol. The van der Waals surface area contributed by atoms with E-state index in [0.29, 0.717) is 0 Å². The number of anilines is 1. The second-order valence-corrected chi connectivity index (χ2v) is 6.73. The maximum atomic E-state index is 10.9. The lowest BCUT2D eigenvalue weighted by molar-refractivity contribution is 0.359. The molecule has 1 rings (SSSR count). The molecule has 0 aromatic heterocycles. The van der Waals surface area contributed by atoms with Gasteiger partial charge in [0.2, 0.25) is 0 Å². The van der Waals surface area contributed by atoms with Crippen molar-refractivity contribution in [2.45, 2.75) is 5.78 Å². The molecule has 96 valence electrons. The van der Waals surface area contributed by atoms with Crippen molar-refractivity contribution >= 4 is 26.2 Å². The van der Waals surface area contributed by atoms with E-state index < -0.39 is 21.0 Å². The fraction of sp³-hybridized carbons (Fsp3) is 0.143. The van der Waals surface area contributed by atoms with Gasteiger partial charge in [-0.25, -0.2) is 0 Å². The molecule has 17 heavy (non-hydrogen) atoms. The van der Waals surface area contributed by atoms with Crippen molar-refractivity contribution in [3.63, 3.8) is 0 Å². The number of rotatable bonds is 3. The van der Waals surface area contributed by atoms with Crippen molar-refractivity contribution in [1.82, 2.24) is 0 Å². The molecule has 1 atom stereocenters. The lowest BCUT2D eigenvalue weighted by Crippen LogP contribution is -2.15. The van der Waals surface area contributed by atoms with E-state index >= 15 is 0 Å². The fourth-order valence-electron chi connectivity index (χ4n) is 1.19. The van der Waals surface area contributed by atoms with Crippen molar-refractivity contribution < 1.29 is 28.7 Å². The van der Waals surface area contributed by atoms with Crippen LogP contribution in [0.1, 0.15) is 11.3 Å². The highest BCUT2D eigenvalue weighted by molar-refractivity contribution is 7.60. The molecule has 0 saturated carbocycles. The summed E-state index contributed by atoms with van der Waals surface area (Å²) >= 11 is 0. The van der Waals surface area contributed by atoms with Gasteiger partial charge in [-0.15, -0.1) is 0 Å². The second kappa shape index (κ2) is 4.51. The molecule has 0 heterocycles. The van der Waals surface area contributed by atoms with Crippen molar-refractivity contribution in [2.24, 2.45) is 5.73 Å². The topological polar surface area (TPSA) is 167 Å². The Balaban J connectivity index is 3.24. The summed E-state index contributed by atoms with van der Waals surface area (Å²) in [6.45, 7) is 0. The normalized spacial score (nSPS) is 14.6. The van der Waals surface area contributed by atoms with Gasteiger partial charge in [0, 0.05) is 11.3 Å². The van der Waals surface area contributed by atoms with Gasteiger partial charge in [-0.05, 0) is 12.1 Å². The van der Waals surface area contributed by atoms with E-state index in [2.05, 4.69) is 0 Å². The minimum Gasteiger partial charge on any atom is -0.398 e. The molecule has 8 N–H and O–H groups in total. The Bertz CT molecular complexity index is 521. The number of benzene rings is 1. The van der Waals surface area contributed by atoms with Crippen LogP contribution in [0.4, 0.5) is 5.69 Å². The van der Waals surface area contributed by atoms with Gasteiger partial charge in [0.05, 0.1) is 5.30 Å². The van der Waals surface area contributed by atoms with Gasteiger partial charge in [0.15, 0.2) is 0 Å². The fourth-order valence-corrected chi connectivity index (χ4v) is 2.37.